The molecule has 146 valence electrons. The van der Waals surface area contributed by atoms with E-state index < -0.39 is 0 Å². The molecule has 0 fully saturated rings. The fourth-order valence-electron chi connectivity index (χ4n) is 2.79. The van der Waals surface area contributed by atoms with Crippen molar-refractivity contribution < 1.29 is 4.79 Å². The maximum atomic E-state index is 12.3. The second-order valence-corrected chi connectivity index (χ2v) is 6.78. The molecule has 1 amide bonds. The van der Waals surface area contributed by atoms with E-state index in [-0.39, 0.29) is 23.2 Å². The lowest BCUT2D eigenvalue weighted by atomic mass is 10.2. The number of hydrogen-bond acceptors (Lipinski definition) is 5. The number of aromatic amines is 1. The van der Waals surface area contributed by atoms with Crippen LogP contribution in [-0.4, -0.2) is 25.5 Å². The van der Waals surface area contributed by atoms with Crippen molar-refractivity contribution in [3.05, 3.63) is 92.9 Å². The molecule has 0 bridgehead atoms. The molecule has 8 nitrogen and oxygen atoms in total. The quantitative estimate of drug-likeness (QED) is 0.455. The highest BCUT2D eigenvalue weighted by atomic mass is 35.5. The van der Waals surface area contributed by atoms with E-state index in [1.165, 1.54) is 10.6 Å². The van der Waals surface area contributed by atoms with Crippen LogP contribution in [0.3, 0.4) is 0 Å². The van der Waals surface area contributed by atoms with Gasteiger partial charge in [0.25, 0.3) is 17.2 Å². The lowest BCUT2D eigenvalue weighted by Crippen LogP contribution is -2.20. The molecule has 0 unspecified atom stereocenters. The molecule has 4 aromatic rings. The van der Waals surface area contributed by atoms with Crippen LogP contribution in [0.15, 0.2) is 65.5 Å². The molecule has 2 aromatic carbocycles. The van der Waals surface area contributed by atoms with Crippen molar-refractivity contribution in [2.75, 3.05) is 5.32 Å². The molecule has 3 N–H and O–H groups in total. The Balaban J connectivity index is 1.47. The zero-order chi connectivity index (χ0) is 20.2. The lowest BCUT2D eigenvalue weighted by molar-refractivity contribution is 0.102. The van der Waals surface area contributed by atoms with Crippen LogP contribution in [0.4, 0.5) is 5.95 Å². The largest absolute Gasteiger partial charge is 0.307 e. The Kier molecular flexibility index (Phi) is 5.37. The standard InChI is InChI=1S/C20H17ClN6O2/c21-15-8-6-14(7-9-15)18(29)24-19-25-20-23-16(10-17(28)27(20)26-19)12-22-11-13-4-2-1-3-5-13/h1-10,22H,11-12H2,(H2,23,24,25,26,29). The number of rotatable bonds is 6. The minimum absolute atomic E-state index is 0.129. The second-order valence-electron chi connectivity index (χ2n) is 6.34. The number of halogens is 1. The van der Waals surface area contributed by atoms with Crippen LogP contribution < -0.4 is 16.2 Å². The third kappa shape index (κ3) is 4.50. The smallest absolute Gasteiger partial charge is 0.274 e. The van der Waals surface area contributed by atoms with E-state index in [9.17, 15) is 9.59 Å². The second kappa shape index (κ2) is 8.26. The van der Waals surface area contributed by atoms with Crippen molar-refractivity contribution in [1.29, 1.82) is 0 Å². The maximum Gasteiger partial charge on any atom is 0.274 e. The molecule has 9 heteroatoms. The summed E-state index contributed by atoms with van der Waals surface area (Å²) in [6, 6.07) is 17.8. The number of hydrogen-bond donors (Lipinski definition) is 3. The molecule has 4 rings (SSSR count). The molecule has 0 saturated carbocycles. The van der Waals surface area contributed by atoms with E-state index in [1.807, 2.05) is 30.3 Å². The number of H-pyrrole nitrogens is 1. The third-order valence-electron chi connectivity index (χ3n) is 4.20. The number of amides is 1. The minimum Gasteiger partial charge on any atom is -0.307 e. The van der Waals surface area contributed by atoms with Gasteiger partial charge in [-0.05, 0) is 29.8 Å². The van der Waals surface area contributed by atoms with Gasteiger partial charge in [-0.1, -0.05) is 41.9 Å². The number of anilines is 1. The first-order chi connectivity index (χ1) is 14.1. The average molecular weight is 409 g/mol. The topological polar surface area (TPSA) is 104 Å². The van der Waals surface area contributed by atoms with Gasteiger partial charge < -0.3 is 5.32 Å². The van der Waals surface area contributed by atoms with Crippen LogP contribution in [0.5, 0.6) is 0 Å². The Labute approximate surface area is 170 Å². The molecule has 2 aromatic heterocycles. The summed E-state index contributed by atoms with van der Waals surface area (Å²) in [6.45, 7) is 1.07. The molecule has 0 radical (unpaired) electrons. The summed E-state index contributed by atoms with van der Waals surface area (Å²) in [5.74, 6) is -0.0668. The molecule has 0 aliphatic rings. The first-order valence-electron chi connectivity index (χ1n) is 8.89. The summed E-state index contributed by atoms with van der Waals surface area (Å²) >= 11 is 5.83. The average Bonchev–Trinajstić information content (AvgIpc) is 3.12. The van der Waals surface area contributed by atoms with Crippen molar-refractivity contribution in [3.8, 4) is 0 Å². The molecule has 2 heterocycles. The lowest BCUT2D eigenvalue weighted by Gasteiger charge is -2.04. The first kappa shape index (κ1) is 18.9. The van der Waals surface area contributed by atoms with Crippen molar-refractivity contribution in [2.45, 2.75) is 13.1 Å². The monoisotopic (exact) mass is 408 g/mol. The molecular weight excluding hydrogens is 392 g/mol. The Morgan fingerprint density at radius 3 is 2.55 bits per heavy atom. The summed E-state index contributed by atoms with van der Waals surface area (Å²) in [5.41, 5.74) is 1.80. The van der Waals surface area contributed by atoms with Crippen molar-refractivity contribution in [2.24, 2.45) is 0 Å². The van der Waals surface area contributed by atoms with Crippen molar-refractivity contribution in [1.82, 2.24) is 24.9 Å². The number of carbonyl (C=O) groups is 1. The Morgan fingerprint density at radius 1 is 1.03 bits per heavy atom. The Bertz CT molecular complexity index is 1200. The summed E-state index contributed by atoms with van der Waals surface area (Å²) in [5, 5.41) is 9.13. The van der Waals surface area contributed by atoms with Crippen LogP contribution in [0, 0.1) is 0 Å². The van der Waals surface area contributed by atoms with Crippen LogP contribution in [0.25, 0.3) is 5.78 Å². The van der Waals surface area contributed by atoms with Gasteiger partial charge in [0.15, 0.2) is 0 Å². The SMILES string of the molecule is O=C(Nc1nc2nc(CNCc3ccccc3)cc(=O)n2[nH]1)c1ccc(Cl)cc1. The van der Waals surface area contributed by atoms with Gasteiger partial charge in [-0.3, -0.25) is 20.0 Å². The normalized spacial score (nSPS) is 10.9. The van der Waals surface area contributed by atoms with Gasteiger partial charge >= 0.3 is 0 Å². The molecular formula is C20H17ClN6O2. The fraction of sp³-hybridized carbons (Fsp3) is 0.100. The van der Waals surface area contributed by atoms with Crippen LogP contribution in [0.1, 0.15) is 21.6 Å². The van der Waals surface area contributed by atoms with E-state index in [1.54, 1.807) is 24.3 Å². The number of fused-ring (bicyclic) bond motifs is 1. The van der Waals surface area contributed by atoms with Crippen molar-refractivity contribution >= 4 is 29.2 Å². The minimum atomic E-state index is -0.376. The van der Waals surface area contributed by atoms with Gasteiger partial charge in [0.05, 0.1) is 5.69 Å². The molecule has 0 aliphatic heterocycles. The molecule has 0 aliphatic carbocycles. The zero-order valence-electron chi connectivity index (χ0n) is 15.2. The summed E-state index contributed by atoms with van der Waals surface area (Å²) in [7, 11) is 0. The third-order valence-corrected chi connectivity index (χ3v) is 4.45. The van der Waals surface area contributed by atoms with E-state index >= 15 is 0 Å². The van der Waals surface area contributed by atoms with Crippen LogP contribution in [0.2, 0.25) is 5.02 Å². The highest BCUT2D eigenvalue weighted by Crippen LogP contribution is 2.11. The van der Waals surface area contributed by atoms with E-state index in [4.69, 9.17) is 11.6 Å². The summed E-state index contributed by atoms with van der Waals surface area (Å²) in [6.07, 6.45) is 0. The summed E-state index contributed by atoms with van der Waals surface area (Å²) < 4.78 is 1.18. The van der Waals surface area contributed by atoms with Gasteiger partial charge in [-0.25, -0.2) is 4.98 Å². The highest BCUT2D eigenvalue weighted by molar-refractivity contribution is 6.30. The van der Waals surface area contributed by atoms with E-state index in [0.29, 0.717) is 29.4 Å². The number of nitrogens with one attached hydrogen (secondary N) is 3. The van der Waals surface area contributed by atoms with Crippen LogP contribution in [-0.2, 0) is 13.1 Å². The first-order valence-corrected chi connectivity index (χ1v) is 9.26. The number of nitrogens with zero attached hydrogens (tertiary/aromatic N) is 3. The Morgan fingerprint density at radius 2 is 1.79 bits per heavy atom. The number of aromatic nitrogens is 4. The molecule has 29 heavy (non-hydrogen) atoms. The van der Waals surface area contributed by atoms with Gasteiger partial charge in [-0.15, -0.1) is 0 Å². The van der Waals surface area contributed by atoms with E-state index in [2.05, 4.69) is 25.7 Å². The summed E-state index contributed by atoms with van der Waals surface area (Å²) in [4.78, 5) is 33.2. The zero-order valence-corrected chi connectivity index (χ0v) is 16.0. The van der Waals surface area contributed by atoms with Gasteiger partial charge in [0.2, 0.25) is 5.95 Å². The molecule has 0 atom stereocenters. The fourth-order valence-corrected chi connectivity index (χ4v) is 2.91. The van der Waals surface area contributed by atoms with E-state index in [0.717, 1.165) is 5.56 Å². The maximum absolute atomic E-state index is 12.3. The van der Waals surface area contributed by atoms with Crippen molar-refractivity contribution in [3.63, 3.8) is 0 Å². The van der Waals surface area contributed by atoms with Gasteiger partial charge in [0.1, 0.15) is 0 Å². The predicted octanol–water partition coefficient (Wildman–Crippen LogP) is 2.61. The predicted molar refractivity (Wildman–Crippen MR) is 110 cm³/mol. The van der Waals surface area contributed by atoms with Gasteiger partial charge in [0, 0.05) is 29.7 Å². The number of carbonyl (C=O) groups excluding carboxylic acids is 1. The Hall–Kier alpha value is -3.49. The highest BCUT2D eigenvalue weighted by Gasteiger charge is 2.12. The molecule has 0 saturated heterocycles. The van der Waals surface area contributed by atoms with Gasteiger partial charge in [-0.2, -0.15) is 9.50 Å². The molecule has 0 spiro atoms. The number of benzene rings is 2. The van der Waals surface area contributed by atoms with Crippen LogP contribution >= 0.6 is 11.6 Å².